The van der Waals surface area contributed by atoms with E-state index in [0.29, 0.717) is 39.5 Å². The minimum atomic E-state index is -0.143. The molecule has 4 heterocycles. The highest BCUT2D eigenvalue weighted by atomic mass is 16.6. The zero-order chi connectivity index (χ0) is 19.6. The van der Waals surface area contributed by atoms with E-state index in [1.54, 1.807) is 4.90 Å². The number of hydrogen-bond donors (Lipinski definition) is 1. The number of hydrogen-bond acceptors (Lipinski definition) is 6. The van der Waals surface area contributed by atoms with E-state index in [0.717, 1.165) is 18.0 Å². The molecule has 9 nitrogen and oxygen atoms in total. The fourth-order valence-corrected chi connectivity index (χ4v) is 5.10. The number of nitrogens with zero attached hydrogens (tertiary/aromatic N) is 4. The topological polar surface area (TPSA) is 90.7 Å². The van der Waals surface area contributed by atoms with Gasteiger partial charge in [-0.2, -0.15) is 0 Å². The predicted molar refractivity (Wildman–Crippen MR) is 104 cm³/mol. The van der Waals surface area contributed by atoms with Gasteiger partial charge in [-0.15, -0.1) is 5.10 Å². The smallest absolute Gasteiger partial charge is 0.317 e. The van der Waals surface area contributed by atoms with Crippen molar-refractivity contribution in [3.8, 4) is 0 Å². The van der Waals surface area contributed by atoms with Gasteiger partial charge in [-0.3, -0.25) is 0 Å². The number of morpholine rings is 1. The fraction of sp³-hybridized carbons (Fsp3) is 0.850. The molecule has 2 amide bonds. The number of amides is 2. The molecule has 5 rings (SSSR count). The molecule has 0 spiro atoms. The van der Waals surface area contributed by atoms with Crippen molar-refractivity contribution in [2.45, 2.75) is 62.8 Å². The van der Waals surface area contributed by atoms with Gasteiger partial charge in [0.1, 0.15) is 18.2 Å². The van der Waals surface area contributed by atoms with E-state index in [2.05, 4.69) is 21.8 Å². The molecule has 0 bridgehead atoms. The van der Waals surface area contributed by atoms with Crippen molar-refractivity contribution in [2.75, 3.05) is 39.5 Å². The van der Waals surface area contributed by atoms with Crippen LogP contribution < -0.4 is 5.32 Å². The van der Waals surface area contributed by atoms with Gasteiger partial charge >= 0.3 is 6.03 Å². The molecule has 9 heteroatoms. The zero-order valence-corrected chi connectivity index (χ0v) is 16.9. The molecular formula is C20H31N5O4. The Bertz CT molecular complexity index is 701. The lowest BCUT2D eigenvalue weighted by atomic mass is 9.86. The Morgan fingerprint density at radius 3 is 2.72 bits per heavy atom. The first-order valence-corrected chi connectivity index (χ1v) is 11.0. The summed E-state index contributed by atoms with van der Waals surface area (Å²) in [4.78, 5) is 14.3. The molecule has 1 N–H and O–H groups in total. The van der Waals surface area contributed by atoms with Gasteiger partial charge < -0.3 is 24.4 Å². The third-order valence-corrected chi connectivity index (χ3v) is 6.75. The third-order valence-electron chi connectivity index (χ3n) is 6.75. The van der Waals surface area contributed by atoms with Gasteiger partial charge in [0.15, 0.2) is 0 Å². The number of carbonyl (C=O) groups excluding carboxylic acids is 1. The maximum Gasteiger partial charge on any atom is 0.317 e. The Morgan fingerprint density at radius 2 is 1.90 bits per heavy atom. The maximum absolute atomic E-state index is 12.5. The number of nitrogens with one attached hydrogen (secondary N) is 1. The normalized spacial score (nSPS) is 33.0. The minimum absolute atomic E-state index is 0.0119. The second-order valence-corrected chi connectivity index (χ2v) is 8.72. The molecule has 4 fully saturated rings. The molecular weight excluding hydrogens is 374 g/mol. The zero-order valence-electron chi connectivity index (χ0n) is 16.9. The number of ether oxygens (including phenoxy) is 3. The van der Waals surface area contributed by atoms with Crippen LogP contribution in [-0.2, 0) is 20.6 Å². The van der Waals surface area contributed by atoms with Gasteiger partial charge in [-0.1, -0.05) is 37.3 Å². The van der Waals surface area contributed by atoms with E-state index in [4.69, 9.17) is 14.2 Å². The molecule has 3 aliphatic heterocycles. The Kier molecular flexibility index (Phi) is 5.69. The molecule has 1 aromatic rings. The summed E-state index contributed by atoms with van der Waals surface area (Å²) in [7, 11) is 0. The number of fused-ring (bicyclic) bond motifs is 1. The van der Waals surface area contributed by atoms with Gasteiger partial charge in [0.25, 0.3) is 0 Å². The first-order valence-electron chi connectivity index (χ1n) is 11.0. The lowest BCUT2D eigenvalue weighted by Crippen LogP contribution is -2.52. The van der Waals surface area contributed by atoms with Crippen LogP contribution in [0.1, 0.15) is 43.8 Å². The fourth-order valence-electron chi connectivity index (χ4n) is 5.10. The number of rotatable bonds is 4. The first kappa shape index (κ1) is 19.3. The second kappa shape index (κ2) is 8.57. The van der Waals surface area contributed by atoms with Gasteiger partial charge in [-0.05, 0) is 12.3 Å². The minimum Gasteiger partial charge on any atom is -0.378 e. The average molecular weight is 405 g/mol. The summed E-state index contributed by atoms with van der Waals surface area (Å²) in [6, 6.07) is -0.186. The van der Waals surface area contributed by atoms with Gasteiger partial charge in [-0.25, -0.2) is 9.48 Å². The van der Waals surface area contributed by atoms with Crippen LogP contribution in [0.4, 0.5) is 4.79 Å². The van der Waals surface area contributed by atoms with Crippen LogP contribution in [0.2, 0.25) is 0 Å². The number of carbonyl (C=O) groups is 1. The summed E-state index contributed by atoms with van der Waals surface area (Å²) in [6.07, 6.45) is 9.48. The van der Waals surface area contributed by atoms with Crippen LogP contribution in [0.15, 0.2) is 6.20 Å². The van der Waals surface area contributed by atoms with Crippen LogP contribution in [0.25, 0.3) is 0 Å². The monoisotopic (exact) mass is 405 g/mol. The van der Waals surface area contributed by atoms with Crippen molar-refractivity contribution in [3.05, 3.63) is 11.9 Å². The van der Waals surface area contributed by atoms with Crippen molar-refractivity contribution in [2.24, 2.45) is 5.92 Å². The SMILES string of the molecule is O=C(N[C@H]1CO[C@H]2[C@H]1OC[C@H]2n1cc(CC2CCCCC2)nn1)N1CCOCC1. The molecule has 3 saturated heterocycles. The van der Waals surface area contributed by atoms with E-state index >= 15 is 0 Å². The lowest BCUT2D eigenvalue weighted by Gasteiger charge is -2.29. The van der Waals surface area contributed by atoms with Gasteiger partial charge in [0.2, 0.25) is 0 Å². The van der Waals surface area contributed by atoms with Crippen molar-refractivity contribution >= 4 is 6.03 Å². The van der Waals surface area contributed by atoms with Crippen molar-refractivity contribution < 1.29 is 19.0 Å². The Balaban J connectivity index is 1.17. The van der Waals surface area contributed by atoms with E-state index in [1.807, 2.05) is 4.68 Å². The van der Waals surface area contributed by atoms with Crippen molar-refractivity contribution in [1.29, 1.82) is 0 Å². The maximum atomic E-state index is 12.5. The summed E-state index contributed by atoms with van der Waals surface area (Å²) in [5.41, 5.74) is 1.07. The molecule has 1 aromatic heterocycles. The third kappa shape index (κ3) is 4.13. The second-order valence-electron chi connectivity index (χ2n) is 8.72. The average Bonchev–Trinajstić information content (AvgIpc) is 3.47. The van der Waals surface area contributed by atoms with Crippen LogP contribution in [0.3, 0.4) is 0 Å². The summed E-state index contributed by atoms with van der Waals surface area (Å²) in [6.45, 7) is 3.43. The highest BCUT2D eigenvalue weighted by Crippen LogP contribution is 2.34. The summed E-state index contributed by atoms with van der Waals surface area (Å²) >= 11 is 0. The number of urea groups is 1. The summed E-state index contributed by atoms with van der Waals surface area (Å²) in [5, 5.41) is 11.9. The highest BCUT2D eigenvalue weighted by Gasteiger charge is 2.49. The van der Waals surface area contributed by atoms with Crippen molar-refractivity contribution in [1.82, 2.24) is 25.2 Å². The molecule has 29 heavy (non-hydrogen) atoms. The molecule has 0 radical (unpaired) electrons. The molecule has 160 valence electrons. The largest absolute Gasteiger partial charge is 0.378 e. The summed E-state index contributed by atoms with van der Waals surface area (Å²) in [5.74, 6) is 0.740. The Labute approximate surface area is 171 Å². The van der Waals surface area contributed by atoms with Crippen LogP contribution >= 0.6 is 0 Å². The van der Waals surface area contributed by atoms with Gasteiger partial charge in [0, 0.05) is 19.3 Å². The standard InChI is InChI=1S/C20H31N5O4/c26-20(24-6-8-27-9-7-24)21-16-12-28-19-17(13-29-18(16)19)25-11-15(22-23-25)10-14-4-2-1-3-5-14/h11,14,16-19H,1-10,12-13H2,(H,21,26)/t16-,17+,18-,19+/m0/s1. The molecule has 4 atom stereocenters. The van der Waals surface area contributed by atoms with E-state index in [1.165, 1.54) is 32.1 Å². The molecule has 1 saturated carbocycles. The Hall–Kier alpha value is -1.71. The molecule has 0 unspecified atom stereocenters. The van der Waals surface area contributed by atoms with Gasteiger partial charge in [0.05, 0.1) is 38.2 Å². The Morgan fingerprint density at radius 1 is 1.10 bits per heavy atom. The predicted octanol–water partition coefficient (Wildman–Crippen LogP) is 1.15. The van der Waals surface area contributed by atoms with Crippen LogP contribution in [0, 0.1) is 5.92 Å². The lowest BCUT2D eigenvalue weighted by molar-refractivity contribution is 0.0485. The number of aromatic nitrogens is 3. The molecule has 4 aliphatic rings. The molecule has 0 aromatic carbocycles. The summed E-state index contributed by atoms with van der Waals surface area (Å²) < 4.78 is 19.3. The van der Waals surface area contributed by atoms with Crippen LogP contribution in [0.5, 0.6) is 0 Å². The van der Waals surface area contributed by atoms with Crippen LogP contribution in [-0.4, -0.2) is 83.7 Å². The van der Waals surface area contributed by atoms with E-state index in [9.17, 15) is 4.79 Å². The molecule has 1 aliphatic carbocycles. The highest BCUT2D eigenvalue weighted by molar-refractivity contribution is 5.74. The van der Waals surface area contributed by atoms with Crippen molar-refractivity contribution in [3.63, 3.8) is 0 Å². The van der Waals surface area contributed by atoms with E-state index < -0.39 is 0 Å². The quantitative estimate of drug-likeness (QED) is 0.808. The van der Waals surface area contributed by atoms with E-state index in [-0.39, 0.29) is 30.3 Å². The first-order chi connectivity index (χ1) is 14.3.